The predicted octanol–water partition coefficient (Wildman–Crippen LogP) is 6.03. The molecule has 270 valence electrons. The van der Waals surface area contributed by atoms with Gasteiger partial charge in [-0.2, -0.15) is 0 Å². The number of piperidine rings is 2. The highest BCUT2D eigenvalue weighted by Gasteiger charge is 2.56. The number of carbonyl (C=O) groups excluding carboxylic acids is 2. The highest BCUT2D eigenvalue weighted by molar-refractivity contribution is 5.70. The highest BCUT2D eigenvalue weighted by Crippen LogP contribution is 2.49. The normalized spacial score (nSPS) is 34.9. The Morgan fingerprint density at radius 1 is 1.12 bits per heavy atom. The fourth-order valence-electron chi connectivity index (χ4n) is 7.75. The molecule has 3 aliphatic heterocycles. The largest absolute Gasteiger partial charge is 0.457 e. The smallest absolute Gasteiger partial charge is 0.410 e. The van der Waals surface area contributed by atoms with Crippen LogP contribution in [0.1, 0.15) is 84.3 Å². The van der Waals surface area contributed by atoms with Gasteiger partial charge >= 0.3 is 12.1 Å². The van der Waals surface area contributed by atoms with Crippen molar-refractivity contribution < 1.29 is 38.1 Å². The van der Waals surface area contributed by atoms with E-state index in [4.69, 9.17) is 9.47 Å². The number of hydrogen-bond donors (Lipinski definition) is 2. The van der Waals surface area contributed by atoms with Crippen LogP contribution in [0, 0.1) is 17.8 Å². The van der Waals surface area contributed by atoms with Crippen LogP contribution in [0.3, 0.4) is 0 Å². The molecule has 1 aliphatic carbocycles. The molecule has 1 aromatic heterocycles. The number of nitrogens with zero attached hydrogens (tertiary/aromatic N) is 3. The number of hydrogen-bond acceptors (Lipinski definition) is 8. The molecule has 0 aromatic carbocycles. The quantitative estimate of drug-likeness (QED) is 0.212. The van der Waals surface area contributed by atoms with Crippen molar-refractivity contribution in [3.8, 4) is 0 Å². The number of likely N-dealkylation sites (tertiary alicyclic amines) is 2. The molecule has 9 nitrogen and oxygen atoms in total. The first-order valence-electron chi connectivity index (χ1n) is 17.9. The second kappa shape index (κ2) is 15.8. The zero-order chi connectivity index (χ0) is 35.3. The lowest BCUT2D eigenvalue weighted by Crippen LogP contribution is -2.55. The minimum atomic E-state index is -2.57. The van der Waals surface area contributed by atoms with Gasteiger partial charge in [-0.1, -0.05) is 44.2 Å². The Morgan fingerprint density at radius 3 is 2.47 bits per heavy atom. The van der Waals surface area contributed by atoms with E-state index in [-0.39, 0.29) is 37.1 Å². The molecule has 2 bridgehead atoms. The second-order valence-corrected chi connectivity index (χ2v) is 14.9. The minimum Gasteiger partial charge on any atom is -0.457 e. The summed E-state index contributed by atoms with van der Waals surface area (Å²) in [7, 11) is 0. The Bertz CT molecular complexity index is 1360. The zero-order valence-electron chi connectivity index (χ0n) is 29.2. The summed E-state index contributed by atoms with van der Waals surface area (Å²) in [4.78, 5) is 34.5. The molecular weight excluding hydrogens is 632 g/mol. The summed E-state index contributed by atoms with van der Waals surface area (Å²) in [5.41, 5.74) is 0.206. The number of ether oxygens (including phenoxy) is 2. The summed E-state index contributed by atoms with van der Waals surface area (Å²) in [5, 5.41) is 22.2. The summed E-state index contributed by atoms with van der Waals surface area (Å²) in [6.07, 6.45) is 10.2. The van der Waals surface area contributed by atoms with Crippen LogP contribution in [0.25, 0.3) is 0 Å². The first kappa shape index (κ1) is 37.1. The van der Waals surface area contributed by atoms with Crippen LogP contribution in [-0.2, 0) is 14.3 Å². The van der Waals surface area contributed by atoms with Crippen molar-refractivity contribution in [1.29, 1.82) is 0 Å². The summed E-state index contributed by atoms with van der Waals surface area (Å²) in [6.45, 7) is 9.06. The Labute approximate surface area is 289 Å². The number of esters is 1. The fraction of sp³-hybridized carbons (Fsp3) is 0.658. The molecule has 0 radical (unpaired) electrons. The number of alkyl halides is 2. The van der Waals surface area contributed by atoms with Crippen LogP contribution in [0.2, 0.25) is 0 Å². The van der Waals surface area contributed by atoms with Gasteiger partial charge in [-0.05, 0) is 76.2 Å². The maximum Gasteiger partial charge on any atom is 0.410 e. The Hall–Kier alpha value is -3.15. The van der Waals surface area contributed by atoms with Gasteiger partial charge in [-0.3, -0.25) is 14.7 Å². The number of aliphatic hydroxyl groups excluding tert-OH is 1. The third-order valence-corrected chi connectivity index (χ3v) is 11.0. The average Bonchev–Trinajstić information content (AvgIpc) is 3.21. The van der Waals surface area contributed by atoms with Crippen LogP contribution in [0.4, 0.5) is 13.6 Å². The van der Waals surface area contributed by atoms with E-state index in [9.17, 15) is 28.6 Å². The number of amides is 1. The summed E-state index contributed by atoms with van der Waals surface area (Å²) < 4.78 is 40.8. The number of halogens is 2. The van der Waals surface area contributed by atoms with Crippen molar-refractivity contribution in [2.75, 3.05) is 26.2 Å². The van der Waals surface area contributed by atoms with Crippen LogP contribution in [-0.4, -0.2) is 99.1 Å². The number of aliphatic hydroxyl groups is 2. The molecule has 8 atom stereocenters. The Balaban J connectivity index is 1.24. The number of cyclic esters (lactones) is 1. The van der Waals surface area contributed by atoms with Crippen molar-refractivity contribution in [2.24, 2.45) is 17.8 Å². The summed E-state index contributed by atoms with van der Waals surface area (Å²) in [5.74, 6) is -4.53. The first-order valence-corrected chi connectivity index (χ1v) is 17.9. The van der Waals surface area contributed by atoms with E-state index in [0.29, 0.717) is 51.9 Å². The molecule has 5 rings (SSSR count). The predicted molar refractivity (Wildman–Crippen MR) is 182 cm³/mol. The fourth-order valence-corrected chi connectivity index (χ4v) is 7.75. The van der Waals surface area contributed by atoms with Gasteiger partial charge in [0, 0.05) is 67.8 Å². The van der Waals surface area contributed by atoms with Gasteiger partial charge in [0.1, 0.15) is 11.7 Å². The molecular formula is C38H53F2N3O6. The third kappa shape index (κ3) is 9.15. The highest BCUT2D eigenvalue weighted by atomic mass is 19.3. The van der Waals surface area contributed by atoms with E-state index in [1.807, 2.05) is 57.2 Å². The zero-order valence-corrected chi connectivity index (χ0v) is 29.2. The van der Waals surface area contributed by atoms with Gasteiger partial charge in [-0.15, -0.1) is 0 Å². The first-order chi connectivity index (χ1) is 23.2. The van der Waals surface area contributed by atoms with E-state index >= 15 is 0 Å². The van der Waals surface area contributed by atoms with E-state index in [1.165, 1.54) is 0 Å². The van der Waals surface area contributed by atoms with E-state index < -0.39 is 53.7 Å². The van der Waals surface area contributed by atoms with E-state index in [0.717, 1.165) is 11.3 Å². The van der Waals surface area contributed by atoms with Crippen molar-refractivity contribution in [3.05, 3.63) is 66.0 Å². The minimum absolute atomic E-state index is 0.0768. The number of fused-ring (bicyclic) bond motifs is 2. The summed E-state index contributed by atoms with van der Waals surface area (Å²) >= 11 is 0. The number of carbonyl (C=O) groups is 2. The molecule has 0 spiro atoms. The Morgan fingerprint density at radius 2 is 1.82 bits per heavy atom. The Kier molecular flexibility index (Phi) is 12.0. The number of rotatable bonds is 6. The standard InChI is InChI=1S/C38H53F2N3O6/c1-25(32-10-5-6-19-41-32)8-7-9-26(2)35-27(3)11-14-33(37(4,47)18-15-31(44)22-34(45)49-35)48-36(46)42-20-16-30(17-21-42)43-23-28-12-13-29(24-43)38(28,39)40/h5-11,14,19,25,27-31,33,35,44,47H,12-13,15-18,20-24H2,1-4H3/b8-7+,14-11+,26-9+/t25-,27-,28?,29?,31-,33-,35+,37-/m0/s1. The second-order valence-electron chi connectivity index (χ2n) is 14.9. The molecule has 11 heteroatoms. The van der Waals surface area contributed by atoms with Crippen LogP contribution < -0.4 is 0 Å². The van der Waals surface area contributed by atoms with Crippen molar-refractivity contribution >= 4 is 12.1 Å². The van der Waals surface area contributed by atoms with Crippen LogP contribution >= 0.6 is 0 Å². The maximum absolute atomic E-state index is 14.5. The van der Waals surface area contributed by atoms with E-state index in [2.05, 4.69) is 9.88 Å². The number of pyridine rings is 1. The molecule has 2 saturated heterocycles. The van der Waals surface area contributed by atoms with Crippen molar-refractivity contribution in [2.45, 2.75) is 114 Å². The average molecular weight is 686 g/mol. The lowest BCUT2D eigenvalue weighted by molar-refractivity contribution is -0.151. The SMILES string of the molecule is C/C(=C\C=C\[C@H](C)c1ccccn1)[C@H]1OC(=O)C[C@@H](O)CC[C@](C)(O)[C@@H](OC(=O)N2CCC(N3CC4CCC(C3)C4(F)F)CC2)/C=C/[C@@H]1C. The monoisotopic (exact) mass is 685 g/mol. The molecule has 2 N–H and O–H groups in total. The molecule has 4 heterocycles. The molecule has 4 aliphatic rings. The van der Waals surface area contributed by atoms with Gasteiger partial charge in [-0.25, -0.2) is 13.6 Å². The van der Waals surface area contributed by atoms with E-state index in [1.54, 1.807) is 30.2 Å². The van der Waals surface area contributed by atoms with Crippen molar-refractivity contribution in [3.63, 3.8) is 0 Å². The number of allylic oxidation sites excluding steroid dienone is 3. The topological polar surface area (TPSA) is 112 Å². The third-order valence-electron chi connectivity index (χ3n) is 11.0. The van der Waals surface area contributed by atoms with Gasteiger partial charge in [0.2, 0.25) is 0 Å². The lowest BCUT2D eigenvalue weighted by Gasteiger charge is -2.44. The number of aromatic nitrogens is 1. The molecule has 2 unspecified atom stereocenters. The van der Waals surface area contributed by atoms with Gasteiger partial charge < -0.3 is 24.6 Å². The maximum atomic E-state index is 14.5. The molecule has 1 amide bonds. The van der Waals surface area contributed by atoms with Gasteiger partial charge in [0.05, 0.1) is 12.5 Å². The summed E-state index contributed by atoms with van der Waals surface area (Å²) in [6, 6.07) is 5.92. The molecule has 1 aromatic rings. The van der Waals surface area contributed by atoms with Crippen molar-refractivity contribution in [1.82, 2.24) is 14.8 Å². The molecule has 3 fully saturated rings. The molecule has 1 saturated carbocycles. The van der Waals surface area contributed by atoms with Gasteiger partial charge in [0.25, 0.3) is 5.92 Å². The van der Waals surface area contributed by atoms with Crippen LogP contribution in [0.5, 0.6) is 0 Å². The van der Waals surface area contributed by atoms with Crippen LogP contribution in [0.15, 0.2) is 60.3 Å². The van der Waals surface area contributed by atoms with Gasteiger partial charge in [0.15, 0.2) is 6.10 Å². The molecule has 49 heavy (non-hydrogen) atoms. The lowest BCUT2D eigenvalue weighted by atomic mass is 9.88.